The summed E-state index contributed by atoms with van der Waals surface area (Å²) >= 11 is 3.12. The number of imidazole rings is 1. The van der Waals surface area contributed by atoms with Crippen LogP contribution in [0.1, 0.15) is 16.1 Å². The molecule has 0 aliphatic heterocycles. The molecule has 2 rings (SSSR count). The number of carbonyl (C=O) groups is 1. The molecule has 0 amide bonds. The lowest BCUT2D eigenvalue weighted by Crippen LogP contribution is -2.05. The maximum atomic E-state index is 11.5. The van der Waals surface area contributed by atoms with Gasteiger partial charge in [-0.2, -0.15) is 0 Å². The fourth-order valence-electron chi connectivity index (χ4n) is 1.20. The lowest BCUT2D eigenvalue weighted by Gasteiger charge is -2.02. The van der Waals surface area contributed by atoms with Gasteiger partial charge in [0.25, 0.3) is 0 Å². The van der Waals surface area contributed by atoms with E-state index in [1.54, 1.807) is 0 Å². The minimum atomic E-state index is -0.415. The quantitative estimate of drug-likeness (QED) is 0.886. The van der Waals surface area contributed by atoms with Crippen LogP contribution in [0.15, 0.2) is 41.3 Å². The van der Waals surface area contributed by atoms with Crippen LogP contribution in [-0.4, -0.2) is 15.9 Å². The Morgan fingerprint density at radius 2 is 2.06 bits per heavy atom. The molecule has 1 aromatic carbocycles. The summed E-state index contributed by atoms with van der Waals surface area (Å²) in [6, 6.07) is 9.51. The van der Waals surface area contributed by atoms with Crippen LogP contribution >= 0.6 is 28.3 Å². The third kappa shape index (κ3) is 3.87. The summed E-state index contributed by atoms with van der Waals surface area (Å²) in [6.07, 6.45) is 1.43. The average Bonchev–Trinajstić information content (AvgIpc) is 2.74. The number of carbonyl (C=O) groups excluding carboxylic acids is 1. The van der Waals surface area contributed by atoms with E-state index in [4.69, 9.17) is 4.74 Å². The standard InChI is InChI=1S/C11H9BrN2O2.ClH/c12-11-13-6-9(14-11)10(15)16-7-8-4-2-1-3-5-8;/h1-6H,7H2,(H,13,14);1H. The molecular weight excluding hydrogens is 307 g/mol. The predicted molar refractivity (Wildman–Crippen MR) is 69.1 cm³/mol. The summed E-state index contributed by atoms with van der Waals surface area (Å²) in [5, 5.41) is 0. The van der Waals surface area contributed by atoms with Crippen LogP contribution in [0.25, 0.3) is 0 Å². The van der Waals surface area contributed by atoms with Gasteiger partial charge < -0.3 is 9.72 Å². The molecule has 0 unspecified atom stereocenters. The molecule has 0 radical (unpaired) electrons. The molecule has 0 fully saturated rings. The number of aromatic amines is 1. The van der Waals surface area contributed by atoms with Crippen LogP contribution < -0.4 is 0 Å². The van der Waals surface area contributed by atoms with Gasteiger partial charge in [-0.15, -0.1) is 12.4 Å². The minimum Gasteiger partial charge on any atom is -0.456 e. The zero-order valence-corrected chi connectivity index (χ0v) is 11.1. The van der Waals surface area contributed by atoms with Crippen molar-refractivity contribution in [2.45, 2.75) is 6.61 Å². The van der Waals surface area contributed by atoms with Crippen LogP contribution in [0.3, 0.4) is 0 Å². The van der Waals surface area contributed by atoms with Gasteiger partial charge in [-0.05, 0) is 21.5 Å². The fraction of sp³-hybridized carbons (Fsp3) is 0.0909. The van der Waals surface area contributed by atoms with Crippen LogP contribution in [0, 0.1) is 0 Å². The molecule has 1 aromatic heterocycles. The third-order valence-corrected chi connectivity index (χ3v) is 2.38. The molecule has 2 aromatic rings. The Kier molecular flexibility index (Phi) is 5.18. The molecule has 0 atom stereocenters. The SMILES string of the molecule is Cl.O=C(OCc1ccccc1)c1cnc(Br)[nH]1. The van der Waals surface area contributed by atoms with E-state index in [0.717, 1.165) is 5.56 Å². The summed E-state index contributed by atoms with van der Waals surface area (Å²) in [7, 11) is 0. The normalized spacial score (nSPS) is 9.47. The molecule has 1 N–H and O–H groups in total. The van der Waals surface area contributed by atoms with Crippen molar-refractivity contribution in [3.63, 3.8) is 0 Å². The molecule has 0 spiro atoms. The van der Waals surface area contributed by atoms with E-state index in [-0.39, 0.29) is 19.0 Å². The minimum absolute atomic E-state index is 0. The number of H-pyrrole nitrogens is 1. The monoisotopic (exact) mass is 316 g/mol. The van der Waals surface area contributed by atoms with Crippen molar-refractivity contribution < 1.29 is 9.53 Å². The van der Waals surface area contributed by atoms with Crippen LogP contribution in [0.4, 0.5) is 0 Å². The molecule has 90 valence electrons. The summed E-state index contributed by atoms with van der Waals surface area (Å²) in [5.41, 5.74) is 1.29. The van der Waals surface area contributed by atoms with E-state index in [0.29, 0.717) is 10.4 Å². The molecule has 0 bridgehead atoms. The van der Waals surface area contributed by atoms with E-state index < -0.39 is 5.97 Å². The Balaban J connectivity index is 0.00000144. The van der Waals surface area contributed by atoms with Crippen LogP contribution in [0.5, 0.6) is 0 Å². The molecule has 4 nitrogen and oxygen atoms in total. The van der Waals surface area contributed by atoms with Crippen molar-refractivity contribution in [1.82, 2.24) is 9.97 Å². The van der Waals surface area contributed by atoms with E-state index in [1.165, 1.54) is 6.20 Å². The van der Waals surface area contributed by atoms with Crippen molar-refractivity contribution in [1.29, 1.82) is 0 Å². The molecule has 6 heteroatoms. The molecule has 1 heterocycles. The first-order valence-corrected chi connectivity index (χ1v) is 5.46. The summed E-state index contributed by atoms with van der Waals surface area (Å²) in [6.45, 7) is 0.260. The largest absolute Gasteiger partial charge is 0.456 e. The van der Waals surface area contributed by atoms with Gasteiger partial charge in [-0.1, -0.05) is 30.3 Å². The fourth-order valence-corrected chi connectivity index (χ4v) is 1.52. The summed E-state index contributed by atoms with van der Waals surface area (Å²) in [5.74, 6) is -0.415. The maximum absolute atomic E-state index is 11.5. The van der Waals surface area contributed by atoms with E-state index in [2.05, 4.69) is 25.9 Å². The second kappa shape index (κ2) is 6.42. The molecule has 0 aliphatic carbocycles. The Morgan fingerprint density at radius 1 is 1.35 bits per heavy atom. The van der Waals surface area contributed by atoms with Crippen molar-refractivity contribution >= 4 is 34.3 Å². The van der Waals surface area contributed by atoms with Crippen molar-refractivity contribution in [3.8, 4) is 0 Å². The number of ether oxygens (including phenoxy) is 1. The number of hydrogen-bond acceptors (Lipinski definition) is 3. The van der Waals surface area contributed by atoms with E-state index >= 15 is 0 Å². The summed E-state index contributed by atoms with van der Waals surface area (Å²) in [4.78, 5) is 18.1. The van der Waals surface area contributed by atoms with Crippen LogP contribution in [0.2, 0.25) is 0 Å². The Hall–Kier alpha value is -1.33. The van der Waals surface area contributed by atoms with E-state index in [9.17, 15) is 4.79 Å². The number of nitrogens with one attached hydrogen (secondary N) is 1. The first-order chi connectivity index (χ1) is 7.75. The van der Waals surface area contributed by atoms with Gasteiger partial charge in [-0.25, -0.2) is 9.78 Å². The lowest BCUT2D eigenvalue weighted by atomic mass is 10.2. The van der Waals surface area contributed by atoms with Gasteiger partial charge in [0.1, 0.15) is 12.3 Å². The first-order valence-electron chi connectivity index (χ1n) is 4.67. The first kappa shape index (κ1) is 13.7. The van der Waals surface area contributed by atoms with Gasteiger partial charge in [-0.3, -0.25) is 0 Å². The molecule has 0 saturated heterocycles. The van der Waals surface area contributed by atoms with Gasteiger partial charge >= 0.3 is 5.97 Å². The van der Waals surface area contributed by atoms with Gasteiger partial charge in [0.15, 0.2) is 4.73 Å². The van der Waals surface area contributed by atoms with Crippen molar-refractivity contribution in [3.05, 3.63) is 52.5 Å². The topological polar surface area (TPSA) is 55.0 Å². The third-order valence-electron chi connectivity index (χ3n) is 1.98. The molecule has 0 saturated carbocycles. The molecule has 17 heavy (non-hydrogen) atoms. The van der Waals surface area contributed by atoms with Gasteiger partial charge in [0.2, 0.25) is 0 Å². The highest BCUT2D eigenvalue weighted by atomic mass is 79.9. The Morgan fingerprint density at radius 3 is 2.65 bits per heavy atom. The number of rotatable bonds is 3. The van der Waals surface area contributed by atoms with Gasteiger partial charge in [0.05, 0.1) is 6.20 Å². The number of hydrogen-bond donors (Lipinski definition) is 1. The lowest BCUT2D eigenvalue weighted by molar-refractivity contribution is 0.0466. The average molecular weight is 318 g/mol. The number of benzene rings is 1. The Labute approximate surface area is 113 Å². The molecule has 0 aliphatic rings. The highest BCUT2D eigenvalue weighted by molar-refractivity contribution is 9.10. The van der Waals surface area contributed by atoms with Crippen LogP contribution in [-0.2, 0) is 11.3 Å². The molecular formula is C11H10BrClN2O2. The zero-order valence-electron chi connectivity index (χ0n) is 8.72. The highest BCUT2D eigenvalue weighted by Crippen LogP contribution is 2.07. The zero-order chi connectivity index (χ0) is 11.4. The van der Waals surface area contributed by atoms with Gasteiger partial charge in [0, 0.05) is 0 Å². The smallest absolute Gasteiger partial charge is 0.356 e. The Bertz CT molecular complexity index is 487. The predicted octanol–water partition coefficient (Wildman–Crippen LogP) is 2.95. The van der Waals surface area contributed by atoms with E-state index in [1.807, 2.05) is 30.3 Å². The second-order valence-electron chi connectivity index (χ2n) is 3.15. The number of esters is 1. The number of aromatic nitrogens is 2. The second-order valence-corrected chi connectivity index (χ2v) is 3.90. The number of halogens is 2. The van der Waals surface area contributed by atoms with Crippen molar-refractivity contribution in [2.75, 3.05) is 0 Å². The highest BCUT2D eigenvalue weighted by Gasteiger charge is 2.09. The maximum Gasteiger partial charge on any atom is 0.356 e. The summed E-state index contributed by atoms with van der Waals surface area (Å²) < 4.78 is 5.61. The van der Waals surface area contributed by atoms with Crippen molar-refractivity contribution in [2.24, 2.45) is 0 Å². The number of nitrogens with zero attached hydrogens (tertiary/aromatic N) is 1.